The zero-order valence-corrected chi connectivity index (χ0v) is 15.8. The average molecular weight is 370 g/mol. The van der Waals surface area contributed by atoms with E-state index in [0.717, 1.165) is 18.3 Å². The van der Waals surface area contributed by atoms with Gasteiger partial charge >= 0.3 is 5.97 Å². The molecule has 3 rings (SSSR count). The minimum atomic E-state index is -0.470. The van der Waals surface area contributed by atoms with Crippen molar-refractivity contribution >= 4 is 5.97 Å². The van der Waals surface area contributed by atoms with E-state index in [2.05, 4.69) is 6.92 Å². The minimum Gasteiger partial charge on any atom is -0.493 e. The predicted octanol–water partition coefficient (Wildman–Crippen LogP) is 6.03. The molecule has 1 saturated carbocycles. The van der Waals surface area contributed by atoms with Gasteiger partial charge in [0.05, 0.1) is 12.2 Å². The lowest BCUT2D eigenvalue weighted by Crippen LogP contribution is -2.20. The maximum absolute atomic E-state index is 12.9. The summed E-state index contributed by atoms with van der Waals surface area (Å²) in [5.41, 5.74) is 0.437. The second-order valence-corrected chi connectivity index (χ2v) is 7.35. The van der Waals surface area contributed by atoms with E-state index in [0.29, 0.717) is 17.2 Å². The van der Waals surface area contributed by atoms with Gasteiger partial charge in [-0.2, -0.15) is 0 Å². The summed E-state index contributed by atoms with van der Waals surface area (Å²) >= 11 is 0. The number of ether oxygens (including phenoxy) is 2. The van der Waals surface area contributed by atoms with Gasteiger partial charge in [-0.25, -0.2) is 9.18 Å². The number of carbonyl (C=O) groups excluding carboxylic acids is 1. The highest BCUT2D eigenvalue weighted by atomic mass is 19.1. The normalized spacial score (nSPS) is 19.5. The standard InChI is InChI=1S/C23H27FO3/c1-2-3-17-4-6-18(7-5-17)16-26-21-12-8-19(9-13-21)23(25)27-22-14-10-20(24)11-15-22/h8-15,17-18H,2-7,16H2,1H3. The Morgan fingerprint density at radius 3 is 2.15 bits per heavy atom. The summed E-state index contributed by atoms with van der Waals surface area (Å²) in [6.45, 7) is 2.99. The monoisotopic (exact) mass is 370 g/mol. The summed E-state index contributed by atoms with van der Waals surface area (Å²) in [7, 11) is 0. The Balaban J connectivity index is 1.46. The Hall–Kier alpha value is -2.36. The Bertz CT molecular complexity index is 716. The van der Waals surface area contributed by atoms with Crippen molar-refractivity contribution in [2.45, 2.75) is 45.4 Å². The summed E-state index contributed by atoms with van der Waals surface area (Å²) < 4.78 is 24.0. The van der Waals surface area contributed by atoms with Crippen LogP contribution in [0.25, 0.3) is 0 Å². The Morgan fingerprint density at radius 1 is 0.926 bits per heavy atom. The molecule has 0 N–H and O–H groups in total. The van der Waals surface area contributed by atoms with E-state index in [1.165, 1.54) is 62.8 Å². The second-order valence-electron chi connectivity index (χ2n) is 7.35. The molecule has 1 aliphatic carbocycles. The van der Waals surface area contributed by atoms with Crippen molar-refractivity contribution in [3.05, 3.63) is 59.9 Å². The molecule has 0 atom stereocenters. The number of hydrogen-bond donors (Lipinski definition) is 0. The molecule has 27 heavy (non-hydrogen) atoms. The molecule has 144 valence electrons. The zero-order chi connectivity index (χ0) is 19.1. The number of hydrogen-bond acceptors (Lipinski definition) is 3. The summed E-state index contributed by atoms with van der Waals surface area (Å²) in [6, 6.07) is 12.4. The molecule has 4 heteroatoms. The van der Waals surface area contributed by atoms with Gasteiger partial charge in [-0.3, -0.25) is 0 Å². The quantitative estimate of drug-likeness (QED) is 0.441. The molecular formula is C23H27FO3. The van der Waals surface area contributed by atoms with Gasteiger partial charge in [-0.15, -0.1) is 0 Å². The molecule has 0 heterocycles. The Kier molecular flexibility index (Phi) is 6.86. The maximum Gasteiger partial charge on any atom is 0.343 e. The van der Waals surface area contributed by atoms with E-state index in [1.807, 2.05) is 0 Å². The largest absolute Gasteiger partial charge is 0.493 e. The molecule has 2 aromatic carbocycles. The lowest BCUT2D eigenvalue weighted by molar-refractivity contribution is 0.0734. The van der Waals surface area contributed by atoms with Crippen molar-refractivity contribution in [1.82, 2.24) is 0 Å². The molecule has 3 nitrogen and oxygen atoms in total. The predicted molar refractivity (Wildman–Crippen MR) is 104 cm³/mol. The van der Waals surface area contributed by atoms with Crippen molar-refractivity contribution < 1.29 is 18.7 Å². The average Bonchev–Trinajstić information content (AvgIpc) is 2.70. The summed E-state index contributed by atoms with van der Waals surface area (Å²) in [6.07, 6.45) is 7.75. The first-order valence-corrected chi connectivity index (χ1v) is 9.84. The summed E-state index contributed by atoms with van der Waals surface area (Å²) in [5, 5.41) is 0. The smallest absolute Gasteiger partial charge is 0.343 e. The van der Waals surface area contributed by atoms with E-state index in [4.69, 9.17) is 9.47 Å². The number of halogens is 1. The molecule has 1 fully saturated rings. The van der Waals surface area contributed by atoms with Crippen LogP contribution in [0.5, 0.6) is 11.5 Å². The third-order valence-corrected chi connectivity index (χ3v) is 5.26. The van der Waals surface area contributed by atoms with Crippen LogP contribution >= 0.6 is 0 Å². The van der Waals surface area contributed by atoms with E-state index >= 15 is 0 Å². The fourth-order valence-corrected chi connectivity index (χ4v) is 3.66. The van der Waals surface area contributed by atoms with Crippen LogP contribution in [0.4, 0.5) is 4.39 Å². The SMILES string of the molecule is CCCC1CCC(COc2ccc(C(=O)Oc3ccc(F)cc3)cc2)CC1. The van der Waals surface area contributed by atoms with Gasteiger partial charge in [0.15, 0.2) is 0 Å². The molecule has 0 spiro atoms. The van der Waals surface area contributed by atoms with Gasteiger partial charge in [-0.05, 0) is 73.2 Å². The number of carbonyl (C=O) groups is 1. The van der Waals surface area contributed by atoms with Crippen LogP contribution in [-0.4, -0.2) is 12.6 Å². The lowest BCUT2D eigenvalue weighted by atomic mass is 9.80. The van der Waals surface area contributed by atoms with Gasteiger partial charge in [0.1, 0.15) is 17.3 Å². The number of esters is 1. The number of benzene rings is 2. The highest BCUT2D eigenvalue weighted by Gasteiger charge is 2.21. The van der Waals surface area contributed by atoms with Crippen LogP contribution in [-0.2, 0) is 0 Å². The zero-order valence-electron chi connectivity index (χ0n) is 15.8. The van der Waals surface area contributed by atoms with Crippen molar-refractivity contribution in [2.75, 3.05) is 6.61 Å². The highest BCUT2D eigenvalue weighted by Crippen LogP contribution is 2.31. The van der Waals surface area contributed by atoms with Crippen LogP contribution < -0.4 is 9.47 Å². The van der Waals surface area contributed by atoms with Crippen molar-refractivity contribution in [2.24, 2.45) is 11.8 Å². The topological polar surface area (TPSA) is 35.5 Å². The molecule has 0 aliphatic heterocycles. The van der Waals surface area contributed by atoms with Gasteiger partial charge in [-0.1, -0.05) is 32.6 Å². The van der Waals surface area contributed by atoms with E-state index < -0.39 is 5.97 Å². The van der Waals surface area contributed by atoms with Crippen molar-refractivity contribution in [1.29, 1.82) is 0 Å². The summed E-state index contributed by atoms with van der Waals surface area (Å²) in [4.78, 5) is 12.1. The van der Waals surface area contributed by atoms with Gasteiger partial charge < -0.3 is 9.47 Å². The Labute approximate surface area is 160 Å². The van der Waals surface area contributed by atoms with Gasteiger partial charge in [0.2, 0.25) is 0 Å². The molecular weight excluding hydrogens is 343 g/mol. The fourth-order valence-electron chi connectivity index (χ4n) is 3.66. The third-order valence-electron chi connectivity index (χ3n) is 5.26. The Morgan fingerprint density at radius 2 is 1.52 bits per heavy atom. The van der Waals surface area contributed by atoms with Crippen molar-refractivity contribution in [3.63, 3.8) is 0 Å². The third kappa shape index (κ3) is 5.81. The molecule has 0 saturated heterocycles. The van der Waals surface area contributed by atoms with Gasteiger partial charge in [0, 0.05) is 0 Å². The first-order chi connectivity index (χ1) is 13.1. The first-order valence-electron chi connectivity index (χ1n) is 9.84. The molecule has 0 radical (unpaired) electrons. The molecule has 0 unspecified atom stereocenters. The van der Waals surface area contributed by atoms with E-state index in [1.54, 1.807) is 24.3 Å². The lowest BCUT2D eigenvalue weighted by Gasteiger charge is -2.28. The number of rotatable bonds is 7. The molecule has 2 aromatic rings. The van der Waals surface area contributed by atoms with Crippen LogP contribution in [0, 0.1) is 17.7 Å². The van der Waals surface area contributed by atoms with E-state index in [-0.39, 0.29) is 5.82 Å². The van der Waals surface area contributed by atoms with Crippen LogP contribution in [0.15, 0.2) is 48.5 Å². The molecule has 0 aromatic heterocycles. The summed E-state index contributed by atoms with van der Waals surface area (Å²) in [5.74, 6) is 1.78. The van der Waals surface area contributed by atoms with Crippen LogP contribution in [0.1, 0.15) is 55.8 Å². The van der Waals surface area contributed by atoms with Crippen molar-refractivity contribution in [3.8, 4) is 11.5 Å². The van der Waals surface area contributed by atoms with Crippen LogP contribution in [0.3, 0.4) is 0 Å². The molecule has 0 bridgehead atoms. The highest BCUT2D eigenvalue weighted by molar-refractivity contribution is 5.91. The first kappa shape index (κ1) is 19.4. The maximum atomic E-state index is 12.9. The van der Waals surface area contributed by atoms with Crippen LogP contribution in [0.2, 0.25) is 0 Å². The van der Waals surface area contributed by atoms with Gasteiger partial charge in [0.25, 0.3) is 0 Å². The molecule has 1 aliphatic rings. The minimum absolute atomic E-state index is 0.320. The second kappa shape index (κ2) is 9.54. The van der Waals surface area contributed by atoms with E-state index in [9.17, 15) is 9.18 Å². The molecule has 0 amide bonds. The fraction of sp³-hybridized carbons (Fsp3) is 0.435.